The lowest BCUT2D eigenvalue weighted by Gasteiger charge is -2.38. The third kappa shape index (κ3) is 4.47. The second kappa shape index (κ2) is 7.96. The first-order valence-electron chi connectivity index (χ1n) is 9.05. The summed E-state index contributed by atoms with van der Waals surface area (Å²) in [5.41, 5.74) is -0.706. The summed E-state index contributed by atoms with van der Waals surface area (Å²) in [7, 11) is 0. The van der Waals surface area contributed by atoms with Gasteiger partial charge in [-0.25, -0.2) is 8.78 Å². The third-order valence-electron chi connectivity index (χ3n) is 4.65. The van der Waals surface area contributed by atoms with Crippen molar-refractivity contribution in [1.82, 2.24) is 9.80 Å². The summed E-state index contributed by atoms with van der Waals surface area (Å²) < 4.78 is 31.8. The van der Waals surface area contributed by atoms with Gasteiger partial charge in [0, 0.05) is 31.7 Å². The van der Waals surface area contributed by atoms with Crippen LogP contribution in [0.25, 0.3) is 0 Å². The second-order valence-corrected chi connectivity index (χ2v) is 7.16. The standard InChI is InChI=1S/C21H22F2N2O3/c1-21(2,28-18-9-7-17(23)8-10-18)20(27)25-13-11-24(12-14-25)19(26)15-3-5-16(22)6-4-15/h3-10H,11-14H2,1-2H3. The molecule has 1 aliphatic heterocycles. The number of rotatable bonds is 4. The molecule has 0 unspecified atom stereocenters. The zero-order chi connectivity index (χ0) is 20.3. The largest absolute Gasteiger partial charge is 0.478 e. The molecule has 0 aromatic heterocycles. The minimum absolute atomic E-state index is 0.186. The fourth-order valence-corrected chi connectivity index (χ4v) is 3.11. The van der Waals surface area contributed by atoms with Gasteiger partial charge in [0.05, 0.1) is 0 Å². The van der Waals surface area contributed by atoms with E-state index in [2.05, 4.69) is 0 Å². The number of hydrogen-bond acceptors (Lipinski definition) is 3. The number of nitrogens with zero attached hydrogens (tertiary/aromatic N) is 2. The number of halogens is 2. The van der Waals surface area contributed by atoms with Crippen LogP contribution in [0.2, 0.25) is 0 Å². The smallest absolute Gasteiger partial charge is 0.266 e. The van der Waals surface area contributed by atoms with E-state index in [4.69, 9.17) is 4.74 Å². The van der Waals surface area contributed by atoms with Crippen LogP contribution in [0.1, 0.15) is 24.2 Å². The number of ether oxygens (including phenoxy) is 1. The summed E-state index contributed by atoms with van der Waals surface area (Å²) in [5.74, 6) is -0.752. The fourth-order valence-electron chi connectivity index (χ4n) is 3.11. The summed E-state index contributed by atoms with van der Waals surface area (Å²) in [4.78, 5) is 28.6. The molecular formula is C21H22F2N2O3. The van der Waals surface area contributed by atoms with Gasteiger partial charge in [-0.2, -0.15) is 0 Å². The van der Waals surface area contributed by atoms with Crippen LogP contribution >= 0.6 is 0 Å². The predicted octanol–water partition coefficient (Wildman–Crippen LogP) is 3.11. The van der Waals surface area contributed by atoms with Gasteiger partial charge in [-0.15, -0.1) is 0 Å². The Labute approximate surface area is 162 Å². The molecule has 1 aliphatic rings. The maximum Gasteiger partial charge on any atom is 0.266 e. The normalized spacial score (nSPS) is 14.7. The van der Waals surface area contributed by atoms with Gasteiger partial charge in [0.2, 0.25) is 0 Å². The Morgan fingerprint density at radius 1 is 0.821 bits per heavy atom. The van der Waals surface area contributed by atoms with E-state index in [1.54, 1.807) is 23.6 Å². The maximum absolute atomic E-state index is 13.0. The first-order chi connectivity index (χ1) is 13.3. The quantitative estimate of drug-likeness (QED) is 0.809. The molecule has 2 aromatic rings. The van der Waals surface area contributed by atoms with Crippen molar-refractivity contribution in [3.8, 4) is 5.75 Å². The lowest BCUT2D eigenvalue weighted by atomic mass is 10.1. The van der Waals surface area contributed by atoms with Crippen molar-refractivity contribution in [3.63, 3.8) is 0 Å². The molecular weight excluding hydrogens is 366 g/mol. The van der Waals surface area contributed by atoms with E-state index in [9.17, 15) is 18.4 Å². The van der Waals surface area contributed by atoms with E-state index < -0.39 is 11.4 Å². The molecule has 28 heavy (non-hydrogen) atoms. The van der Waals surface area contributed by atoms with Gasteiger partial charge in [0.25, 0.3) is 11.8 Å². The van der Waals surface area contributed by atoms with Crippen LogP contribution in [0.4, 0.5) is 8.78 Å². The average Bonchev–Trinajstić information content (AvgIpc) is 2.69. The van der Waals surface area contributed by atoms with Crippen LogP contribution in [0.5, 0.6) is 5.75 Å². The Morgan fingerprint density at radius 3 is 1.82 bits per heavy atom. The molecule has 1 saturated heterocycles. The summed E-state index contributed by atoms with van der Waals surface area (Å²) in [5, 5.41) is 0. The van der Waals surface area contributed by atoms with E-state index >= 15 is 0 Å². The molecule has 0 radical (unpaired) electrons. The molecule has 1 heterocycles. The number of benzene rings is 2. The number of carbonyl (C=O) groups excluding carboxylic acids is 2. The molecule has 5 nitrogen and oxygen atoms in total. The van der Waals surface area contributed by atoms with Crippen LogP contribution in [-0.4, -0.2) is 53.4 Å². The van der Waals surface area contributed by atoms with Crippen molar-refractivity contribution in [3.05, 3.63) is 65.7 Å². The van der Waals surface area contributed by atoms with E-state index in [1.807, 2.05) is 0 Å². The van der Waals surface area contributed by atoms with Gasteiger partial charge in [-0.3, -0.25) is 9.59 Å². The monoisotopic (exact) mass is 388 g/mol. The molecule has 3 rings (SSSR count). The average molecular weight is 388 g/mol. The van der Waals surface area contributed by atoms with E-state index in [1.165, 1.54) is 48.5 Å². The SMILES string of the molecule is CC(C)(Oc1ccc(F)cc1)C(=O)N1CCN(C(=O)c2ccc(F)cc2)CC1. The topological polar surface area (TPSA) is 49.9 Å². The number of hydrogen-bond donors (Lipinski definition) is 0. The molecule has 0 saturated carbocycles. The van der Waals surface area contributed by atoms with Crippen LogP contribution in [0.15, 0.2) is 48.5 Å². The Morgan fingerprint density at radius 2 is 1.29 bits per heavy atom. The summed E-state index contributed by atoms with van der Waals surface area (Å²) in [6, 6.07) is 10.9. The fraction of sp³-hybridized carbons (Fsp3) is 0.333. The molecule has 2 aromatic carbocycles. The third-order valence-corrected chi connectivity index (χ3v) is 4.65. The zero-order valence-corrected chi connectivity index (χ0v) is 15.8. The van der Waals surface area contributed by atoms with Crippen molar-refractivity contribution in [2.75, 3.05) is 26.2 Å². The molecule has 7 heteroatoms. The lowest BCUT2D eigenvalue weighted by molar-refractivity contribution is -0.147. The van der Waals surface area contributed by atoms with Crippen molar-refractivity contribution >= 4 is 11.8 Å². The first kappa shape index (κ1) is 19.8. The Bertz CT molecular complexity index is 843. The van der Waals surface area contributed by atoms with Crippen LogP contribution in [0.3, 0.4) is 0 Å². The minimum atomic E-state index is -1.12. The van der Waals surface area contributed by atoms with Crippen LogP contribution < -0.4 is 4.74 Å². The van der Waals surface area contributed by atoms with Crippen LogP contribution in [0, 0.1) is 11.6 Å². The van der Waals surface area contributed by atoms with Gasteiger partial charge in [-0.1, -0.05) is 0 Å². The summed E-state index contributed by atoms with van der Waals surface area (Å²) in [6.45, 7) is 4.84. The molecule has 0 bridgehead atoms. The van der Waals surface area contributed by atoms with Gasteiger partial charge < -0.3 is 14.5 Å². The van der Waals surface area contributed by atoms with Crippen molar-refractivity contribution in [2.45, 2.75) is 19.4 Å². The lowest BCUT2D eigenvalue weighted by Crippen LogP contribution is -2.56. The zero-order valence-electron chi connectivity index (χ0n) is 15.8. The Balaban J connectivity index is 1.58. The second-order valence-electron chi connectivity index (χ2n) is 7.16. The van der Waals surface area contributed by atoms with Gasteiger partial charge in [0.1, 0.15) is 17.4 Å². The summed E-state index contributed by atoms with van der Waals surface area (Å²) in [6.07, 6.45) is 0. The number of carbonyl (C=O) groups is 2. The maximum atomic E-state index is 13.0. The van der Waals surface area contributed by atoms with Crippen molar-refractivity contribution in [2.24, 2.45) is 0 Å². The highest BCUT2D eigenvalue weighted by atomic mass is 19.1. The molecule has 2 amide bonds. The Hall–Kier alpha value is -2.96. The molecule has 0 aliphatic carbocycles. The highest BCUT2D eigenvalue weighted by molar-refractivity contribution is 5.94. The van der Waals surface area contributed by atoms with E-state index in [0.717, 1.165) is 0 Å². The molecule has 1 fully saturated rings. The van der Waals surface area contributed by atoms with Gasteiger partial charge in [0.15, 0.2) is 5.60 Å². The summed E-state index contributed by atoms with van der Waals surface area (Å²) >= 11 is 0. The molecule has 148 valence electrons. The number of amides is 2. The van der Waals surface area contributed by atoms with Crippen molar-refractivity contribution in [1.29, 1.82) is 0 Å². The highest BCUT2D eigenvalue weighted by Gasteiger charge is 2.36. The Kier molecular flexibility index (Phi) is 5.63. The number of piperazine rings is 1. The van der Waals surface area contributed by atoms with Crippen molar-refractivity contribution < 1.29 is 23.1 Å². The predicted molar refractivity (Wildman–Crippen MR) is 100.0 cm³/mol. The van der Waals surface area contributed by atoms with Gasteiger partial charge in [-0.05, 0) is 62.4 Å². The molecule has 0 N–H and O–H groups in total. The van der Waals surface area contributed by atoms with E-state index in [-0.39, 0.29) is 17.6 Å². The minimum Gasteiger partial charge on any atom is -0.478 e. The molecule has 0 spiro atoms. The highest BCUT2D eigenvalue weighted by Crippen LogP contribution is 2.22. The van der Waals surface area contributed by atoms with Crippen LogP contribution in [-0.2, 0) is 4.79 Å². The first-order valence-corrected chi connectivity index (χ1v) is 9.05. The van der Waals surface area contributed by atoms with E-state index in [0.29, 0.717) is 37.5 Å². The molecule has 0 atom stereocenters. The van der Waals surface area contributed by atoms with Gasteiger partial charge >= 0.3 is 0 Å².